The van der Waals surface area contributed by atoms with Gasteiger partial charge in [0.25, 0.3) is 0 Å². The number of rotatable bonds is 2. The molecule has 118 valence electrons. The number of hydrogen-bond acceptors (Lipinski definition) is 2. The zero-order chi connectivity index (χ0) is 15.6. The zero-order valence-electron chi connectivity index (χ0n) is 13.7. The Hall–Kier alpha value is -0.730. The summed E-state index contributed by atoms with van der Waals surface area (Å²) in [5.74, 6) is 0.776. The highest BCUT2D eigenvalue weighted by molar-refractivity contribution is 6.33. The molecule has 0 aromatic heterocycles. The van der Waals surface area contributed by atoms with E-state index < -0.39 is 6.10 Å². The normalized spacial score (nSPS) is 22.0. The SMILES string of the molecule is CC(O)c1ccc(N2CCCC(C(C)(C)C)CC2)c(Cl)c1. The Bertz CT molecular complexity index is 479. The van der Waals surface area contributed by atoms with Crippen LogP contribution in [0.5, 0.6) is 0 Å². The molecule has 0 radical (unpaired) electrons. The van der Waals surface area contributed by atoms with E-state index in [1.165, 1.54) is 19.3 Å². The van der Waals surface area contributed by atoms with Crippen molar-refractivity contribution in [3.05, 3.63) is 28.8 Å². The Morgan fingerprint density at radius 1 is 1.24 bits per heavy atom. The third kappa shape index (κ3) is 4.14. The van der Waals surface area contributed by atoms with Crippen LogP contribution < -0.4 is 4.90 Å². The molecule has 1 aromatic carbocycles. The quantitative estimate of drug-likeness (QED) is 0.826. The van der Waals surface area contributed by atoms with Crippen molar-refractivity contribution in [1.29, 1.82) is 0 Å². The highest BCUT2D eigenvalue weighted by atomic mass is 35.5. The maximum atomic E-state index is 9.65. The summed E-state index contributed by atoms with van der Waals surface area (Å²) in [6, 6.07) is 5.94. The van der Waals surface area contributed by atoms with Gasteiger partial charge in [-0.2, -0.15) is 0 Å². The molecule has 0 aliphatic carbocycles. The van der Waals surface area contributed by atoms with Gasteiger partial charge in [0, 0.05) is 13.1 Å². The third-order valence-corrected chi connectivity index (χ3v) is 5.05. The van der Waals surface area contributed by atoms with Crippen LogP contribution >= 0.6 is 11.6 Å². The van der Waals surface area contributed by atoms with Gasteiger partial charge in [-0.15, -0.1) is 0 Å². The van der Waals surface area contributed by atoms with E-state index in [9.17, 15) is 5.11 Å². The summed E-state index contributed by atoms with van der Waals surface area (Å²) in [6.45, 7) is 10.9. The Morgan fingerprint density at radius 3 is 2.52 bits per heavy atom. The van der Waals surface area contributed by atoms with Gasteiger partial charge in [0.2, 0.25) is 0 Å². The molecule has 1 heterocycles. The average Bonchev–Trinajstić information content (AvgIpc) is 2.63. The van der Waals surface area contributed by atoms with Crippen LogP contribution in [0.15, 0.2) is 18.2 Å². The standard InChI is InChI=1S/C18H28ClNO/c1-13(21)14-7-8-17(16(19)12-14)20-10-5-6-15(9-11-20)18(2,3)4/h7-8,12-13,15,21H,5-6,9-11H2,1-4H3. The predicted octanol–water partition coefficient (Wildman–Crippen LogP) is 5.05. The lowest BCUT2D eigenvalue weighted by molar-refractivity contribution is 0.199. The van der Waals surface area contributed by atoms with Crippen LogP contribution in [0, 0.1) is 11.3 Å². The van der Waals surface area contributed by atoms with E-state index in [0.717, 1.165) is 35.3 Å². The molecule has 0 saturated carbocycles. The fourth-order valence-corrected chi connectivity index (χ4v) is 3.55. The Kier molecular flexibility index (Phi) is 5.21. The van der Waals surface area contributed by atoms with Gasteiger partial charge in [-0.1, -0.05) is 38.4 Å². The van der Waals surface area contributed by atoms with Gasteiger partial charge in [-0.05, 0) is 55.2 Å². The first-order valence-electron chi connectivity index (χ1n) is 8.01. The molecule has 0 amide bonds. The van der Waals surface area contributed by atoms with Crippen molar-refractivity contribution < 1.29 is 5.11 Å². The van der Waals surface area contributed by atoms with E-state index in [4.69, 9.17) is 11.6 Å². The number of aliphatic hydroxyl groups is 1. The largest absolute Gasteiger partial charge is 0.389 e. The molecular weight excluding hydrogens is 282 g/mol. The van der Waals surface area contributed by atoms with Gasteiger partial charge in [-0.3, -0.25) is 0 Å². The summed E-state index contributed by atoms with van der Waals surface area (Å²) < 4.78 is 0. The summed E-state index contributed by atoms with van der Waals surface area (Å²) in [4.78, 5) is 2.40. The van der Waals surface area contributed by atoms with E-state index in [2.05, 4.69) is 31.7 Å². The van der Waals surface area contributed by atoms with Crippen LogP contribution in [-0.4, -0.2) is 18.2 Å². The summed E-state index contributed by atoms with van der Waals surface area (Å²) >= 11 is 6.43. The second-order valence-electron chi connectivity index (χ2n) is 7.37. The van der Waals surface area contributed by atoms with Crippen molar-refractivity contribution in [3.63, 3.8) is 0 Å². The molecule has 2 nitrogen and oxygen atoms in total. The van der Waals surface area contributed by atoms with Crippen molar-refractivity contribution in [1.82, 2.24) is 0 Å². The summed E-state index contributed by atoms with van der Waals surface area (Å²) in [5, 5.41) is 10.4. The molecular formula is C18H28ClNO. The molecule has 2 rings (SSSR count). The fraction of sp³-hybridized carbons (Fsp3) is 0.667. The van der Waals surface area contributed by atoms with E-state index in [0.29, 0.717) is 5.41 Å². The minimum absolute atomic E-state index is 0.385. The highest BCUT2D eigenvalue weighted by Gasteiger charge is 2.27. The van der Waals surface area contributed by atoms with Crippen molar-refractivity contribution in [2.75, 3.05) is 18.0 Å². The van der Waals surface area contributed by atoms with Crippen molar-refractivity contribution >= 4 is 17.3 Å². The molecule has 1 fully saturated rings. The van der Waals surface area contributed by atoms with Gasteiger partial charge in [0.1, 0.15) is 0 Å². The fourth-order valence-electron chi connectivity index (χ4n) is 3.24. The van der Waals surface area contributed by atoms with Gasteiger partial charge in [0.05, 0.1) is 16.8 Å². The number of benzene rings is 1. The zero-order valence-corrected chi connectivity index (χ0v) is 14.5. The number of aliphatic hydroxyl groups excluding tert-OH is 1. The molecule has 1 aliphatic heterocycles. The minimum Gasteiger partial charge on any atom is -0.389 e. The molecule has 21 heavy (non-hydrogen) atoms. The van der Waals surface area contributed by atoms with E-state index >= 15 is 0 Å². The predicted molar refractivity (Wildman–Crippen MR) is 91.1 cm³/mol. The average molecular weight is 310 g/mol. The van der Waals surface area contributed by atoms with Crippen LogP contribution in [0.4, 0.5) is 5.69 Å². The highest BCUT2D eigenvalue weighted by Crippen LogP contribution is 2.37. The monoisotopic (exact) mass is 309 g/mol. The number of hydrogen-bond donors (Lipinski definition) is 1. The van der Waals surface area contributed by atoms with Crippen LogP contribution in [0.1, 0.15) is 58.6 Å². The number of anilines is 1. The first-order chi connectivity index (χ1) is 9.79. The summed E-state index contributed by atoms with van der Waals surface area (Å²) in [6.07, 6.45) is 3.27. The first-order valence-corrected chi connectivity index (χ1v) is 8.39. The molecule has 3 heteroatoms. The second-order valence-corrected chi connectivity index (χ2v) is 7.77. The van der Waals surface area contributed by atoms with Gasteiger partial charge in [-0.25, -0.2) is 0 Å². The molecule has 1 aromatic rings. The maximum Gasteiger partial charge on any atom is 0.0762 e. The summed E-state index contributed by atoms with van der Waals surface area (Å²) in [7, 11) is 0. The van der Waals surface area contributed by atoms with E-state index in [1.54, 1.807) is 6.92 Å². The molecule has 1 aliphatic rings. The van der Waals surface area contributed by atoms with Crippen LogP contribution in [0.2, 0.25) is 5.02 Å². The molecule has 0 bridgehead atoms. The lowest BCUT2D eigenvalue weighted by Gasteiger charge is -2.30. The first kappa shape index (κ1) is 16.6. The lowest BCUT2D eigenvalue weighted by atomic mass is 9.77. The number of nitrogens with zero attached hydrogens (tertiary/aromatic N) is 1. The molecule has 0 spiro atoms. The second kappa shape index (κ2) is 6.58. The van der Waals surface area contributed by atoms with E-state index in [-0.39, 0.29) is 0 Å². The Morgan fingerprint density at radius 2 is 1.95 bits per heavy atom. The lowest BCUT2D eigenvalue weighted by Crippen LogP contribution is -2.26. The molecule has 2 unspecified atom stereocenters. The molecule has 1 saturated heterocycles. The Balaban J connectivity index is 2.12. The van der Waals surface area contributed by atoms with Crippen molar-refractivity contribution in [2.45, 2.75) is 53.1 Å². The maximum absolute atomic E-state index is 9.65. The molecule has 1 N–H and O–H groups in total. The van der Waals surface area contributed by atoms with Crippen molar-refractivity contribution in [3.8, 4) is 0 Å². The third-order valence-electron chi connectivity index (χ3n) is 4.75. The Labute approximate surface area is 134 Å². The molecule has 2 atom stereocenters. The van der Waals surface area contributed by atoms with Gasteiger partial charge in [0.15, 0.2) is 0 Å². The number of halogens is 1. The van der Waals surface area contributed by atoms with E-state index in [1.807, 2.05) is 12.1 Å². The van der Waals surface area contributed by atoms with Gasteiger partial charge < -0.3 is 10.0 Å². The van der Waals surface area contributed by atoms with Crippen LogP contribution in [0.3, 0.4) is 0 Å². The minimum atomic E-state index is -0.467. The van der Waals surface area contributed by atoms with Gasteiger partial charge >= 0.3 is 0 Å². The van der Waals surface area contributed by atoms with Crippen LogP contribution in [-0.2, 0) is 0 Å². The summed E-state index contributed by atoms with van der Waals surface area (Å²) in [5.41, 5.74) is 2.37. The van der Waals surface area contributed by atoms with Crippen molar-refractivity contribution in [2.24, 2.45) is 11.3 Å². The smallest absolute Gasteiger partial charge is 0.0762 e. The topological polar surface area (TPSA) is 23.5 Å². The van der Waals surface area contributed by atoms with Crippen LogP contribution in [0.25, 0.3) is 0 Å².